The van der Waals surface area contributed by atoms with Gasteiger partial charge in [0.05, 0.1) is 27.0 Å². The van der Waals surface area contributed by atoms with Gasteiger partial charge < -0.3 is 19.5 Å². The largest absolute Gasteiger partial charge is 0.493 e. The number of carbonyl (C=O) groups excluding carboxylic acids is 1. The van der Waals surface area contributed by atoms with Crippen molar-refractivity contribution in [2.75, 3.05) is 21.3 Å². The van der Waals surface area contributed by atoms with Gasteiger partial charge in [-0.05, 0) is 47.5 Å². The van der Waals surface area contributed by atoms with E-state index in [1.165, 1.54) is 6.08 Å². The smallest absolute Gasteiger partial charge is 0.244 e. The Hall–Kier alpha value is -3.87. The summed E-state index contributed by atoms with van der Waals surface area (Å²) >= 11 is 0. The van der Waals surface area contributed by atoms with Crippen molar-refractivity contribution in [1.29, 1.82) is 0 Å². The lowest BCUT2D eigenvalue weighted by atomic mass is 10.1. The minimum absolute atomic E-state index is 0.232. The van der Waals surface area contributed by atoms with Gasteiger partial charge in [0, 0.05) is 36.8 Å². The molecular formula is C23H23N3O4. The fourth-order valence-electron chi connectivity index (χ4n) is 2.95. The number of pyridine rings is 2. The fraction of sp³-hybridized carbons (Fsp3) is 0.174. The van der Waals surface area contributed by atoms with Crippen LogP contribution < -0.4 is 19.5 Å². The molecule has 0 radical (unpaired) electrons. The van der Waals surface area contributed by atoms with Crippen LogP contribution in [0.15, 0.2) is 61.1 Å². The molecule has 1 amide bonds. The van der Waals surface area contributed by atoms with Crippen molar-refractivity contribution in [1.82, 2.24) is 15.3 Å². The lowest BCUT2D eigenvalue weighted by Crippen LogP contribution is -2.20. The van der Waals surface area contributed by atoms with Gasteiger partial charge in [-0.25, -0.2) is 0 Å². The van der Waals surface area contributed by atoms with Crippen molar-refractivity contribution in [2.45, 2.75) is 6.54 Å². The standard InChI is InChI=1S/C23H23N3O4/c1-28-19-12-16(13-20(29-2)23(19)30-3)8-9-21(27)26-15-18-7-5-11-25-22(18)17-6-4-10-24-14-17/h4-14H,15H2,1-3H3,(H,26,27)/b9-8+. The van der Waals surface area contributed by atoms with E-state index in [2.05, 4.69) is 15.3 Å². The third-order valence-electron chi connectivity index (χ3n) is 4.39. The number of benzene rings is 1. The molecule has 0 aliphatic carbocycles. The summed E-state index contributed by atoms with van der Waals surface area (Å²) in [6.07, 6.45) is 8.32. The van der Waals surface area contributed by atoms with Crippen molar-refractivity contribution >= 4 is 12.0 Å². The van der Waals surface area contributed by atoms with E-state index in [9.17, 15) is 4.79 Å². The second-order valence-electron chi connectivity index (χ2n) is 6.26. The number of nitrogens with zero attached hydrogens (tertiary/aromatic N) is 2. The number of amides is 1. The van der Waals surface area contributed by atoms with Gasteiger partial charge >= 0.3 is 0 Å². The van der Waals surface area contributed by atoms with Crippen molar-refractivity contribution in [2.24, 2.45) is 0 Å². The van der Waals surface area contributed by atoms with E-state index in [-0.39, 0.29) is 5.91 Å². The highest BCUT2D eigenvalue weighted by molar-refractivity contribution is 5.92. The fourth-order valence-corrected chi connectivity index (χ4v) is 2.95. The average Bonchev–Trinajstić information content (AvgIpc) is 2.81. The first-order valence-electron chi connectivity index (χ1n) is 9.26. The Kier molecular flexibility index (Phi) is 7.00. The highest BCUT2D eigenvalue weighted by atomic mass is 16.5. The maximum Gasteiger partial charge on any atom is 0.244 e. The topological polar surface area (TPSA) is 82.6 Å². The molecule has 1 N–H and O–H groups in total. The minimum Gasteiger partial charge on any atom is -0.493 e. The van der Waals surface area contributed by atoms with Gasteiger partial charge in [-0.2, -0.15) is 0 Å². The minimum atomic E-state index is -0.232. The maximum atomic E-state index is 12.4. The van der Waals surface area contributed by atoms with E-state index in [1.54, 1.807) is 58.1 Å². The predicted octanol–water partition coefficient (Wildman–Crippen LogP) is 3.50. The van der Waals surface area contributed by atoms with Crippen LogP contribution in [0.5, 0.6) is 17.2 Å². The van der Waals surface area contributed by atoms with E-state index in [4.69, 9.17) is 14.2 Å². The first-order valence-corrected chi connectivity index (χ1v) is 9.26. The van der Waals surface area contributed by atoms with E-state index in [0.717, 1.165) is 22.4 Å². The van der Waals surface area contributed by atoms with Crippen LogP contribution in [-0.4, -0.2) is 37.2 Å². The third kappa shape index (κ3) is 4.94. The Labute approximate surface area is 175 Å². The Morgan fingerprint density at radius 1 is 1.03 bits per heavy atom. The number of hydrogen-bond acceptors (Lipinski definition) is 6. The molecule has 0 atom stereocenters. The van der Waals surface area contributed by atoms with Crippen LogP contribution in [-0.2, 0) is 11.3 Å². The number of carbonyl (C=O) groups is 1. The van der Waals surface area contributed by atoms with Gasteiger partial charge in [-0.3, -0.25) is 14.8 Å². The van der Waals surface area contributed by atoms with E-state index >= 15 is 0 Å². The molecule has 0 aliphatic rings. The van der Waals surface area contributed by atoms with Gasteiger partial charge in [-0.1, -0.05) is 6.07 Å². The van der Waals surface area contributed by atoms with E-state index < -0.39 is 0 Å². The van der Waals surface area contributed by atoms with Crippen molar-refractivity contribution in [3.8, 4) is 28.5 Å². The Bertz CT molecular complexity index is 1010. The summed E-state index contributed by atoms with van der Waals surface area (Å²) in [5, 5.41) is 2.89. The molecule has 1 aromatic carbocycles. The SMILES string of the molecule is COc1cc(/C=C/C(=O)NCc2cccnc2-c2cccnc2)cc(OC)c1OC. The van der Waals surface area contributed by atoms with Crippen LogP contribution in [0.4, 0.5) is 0 Å². The van der Waals surface area contributed by atoms with Crippen LogP contribution in [0.2, 0.25) is 0 Å². The molecule has 3 rings (SSSR count). The average molecular weight is 405 g/mol. The number of rotatable bonds is 8. The molecule has 0 unspecified atom stereocenters. The van der Waals surface area contributed by atoms with Gasteiger partial charge in [0.25, 0.3) is 0 Å². The zero-order valence-electron chi connectivity index (χ0n) is 17.1. The summed E-state index contributed by atoms with van der Waals surface area (Å²) in [5.41, 5.74) is 3.34. The number of ether oxygens (including phenoxy) is 3. The quantitative estimate of drug-likeness (QED) is 0.578. The Morgan fingerprint density at radius 2 is 1.77 bits per heavy atom. The molecular weight excluding hydrogens is 382 g/mol. The number of aromatic nitrogens is 2. The zero-order valence-corrected chi connectivity index (χ0v) is 17.1. The van der Waals surface area contributed by atoms with Crippen molar-refractivity contribution in [3.63, 3.8) is 0 Å². The summed E-state index contributed by atoms with van der Waals surface area (Å²) in [4.78, 5) is 20.9. The molecule has 2 aromatic heterocycles. The van der Waals surface area contributed by atoms with Gasteiger partial charge in [-0.15, -0.1) is 0 Å². The van der Waals surface area contributed by atoms with Crippen molar-refractivity contribution < 1.29 is 19.0 Å². The van der Waals surface area contributed by atoms with Gasteiger partial charge in [0.1, 0.15) is 0 Å². The van der Waals surface area contributed by atoms with Gasteiger partial charge in [0.15, 0.2) is 11.5 Å². The molecule has 154 valence electrons. The molecule has 0 bridgehead atoms. The monoisotopic (exact) mass is 405 g/mol. The van der Waals surface area contributed by atoms with E-state index in [0.29, 0.717) is 23.8 Å². The zero-order chi connectivity index (χ0) is 21.3. The Morgan fingerprint density at radius 3 is 2.40 bits per heavy atom. The summed E-state index contributed by atoms with van der Waals surface area (Å²) in [7, 11) is 4.64. The highest BCUT2D eigenvalue weighted by Crippen LogP contribution is 2.38. The van der Waals surface area contributed by atoms with Crippen molar-refractivity contribution in [3.05, 3.63) is 72.2 Å². The summed E-state index contributed by atoms with van der Waals surface area (Å²) in [6, 6.07) is 11.1. The molecule has 7 nitrogen and oxygen atoms in total. The summed E-state index contributed by atoms with van der Waals surface area (Å²) in [6.45, 7) is 0.344. The molecule has 0 saturated heterocycles. The lowest BCUT2D eigenvalue weighted by molar-refractivity contribution is -0.116. The third-order valence-corrected chi connectivity index (χ3v) is 4.39. The number of nitrogens with one attached hydrogen (secondary N) is 1. The summed E-state index contributed by atoms with van der Waals surface area (Å²) < 4.78 is 16.0. The van der Waals surface area contributed by atoms with Crippen LogP contribution in [0.1, 0.15) is 11.1 Å². The normalized spacial score (nSPS) is 10.6. The predicted molar refractivity (Wildman–Crippen MR) is 114 cm³/mol. The first kappa shape index (κ1) is 20.9. The molecule has 0 aliphatic heterocycles. The molecule has 30 heavy (non-hydrogen) atoms. The molecule has 0 spiro atoms. The second kappa shape index (κ2) is 10.1. The second-order valence-corrected chi connectivity index (χ2v) is 6.26. The maximum absolute atomic E-state index is 12.4. The molecule has 2 heterocycles. The van der Waals surface area contributed by atoms with Gasteiger partial charge in [0.2, 0.25) is 11.7 Å². The van der Waals surface area contributed by atoms with Crippen LogP contribution >= 0.6 is 0 Å². The molecule has 0 fully saturated rings. The van der Waals surface area contributed by atoms with Crippen LogP contribution in [0.25, 0.3) is 17.3 Å². The lowest BCUT2D eigenvalue weighted by Gasteiger charge is -2.12. The molecule has 3 aromatic rings. The highest BCUT2D eigenvalue weighted by Gasteiger charge is 2.12. The summed E-state index contributed by atoms with van der Waals surface area (Å²) in [5.74, 6) is 1.31. The van der Waals surface area contributed by atoms with Crippen LogP contribution in [0.3, 0.4) is 0 Å². The first-order chi connectivity index (χ1) is 14.7. The number of methoxy groups -OCH3 is 3. The Balaban J connectivity index is 1.71. The molecule has 7 heteroatoms. The number of hydrogen-bond donors (Lipinski definition) is 1. The van der Waals surface area contributed by atoms with E-state index in [1.807, 2.05) is 24.3 Å². The molecule has 0 saturated carbocycles. The van der Waals surface area contributed by atoms with Crippen LogP contribution in [0, 0.1) is 0 Å².